The molecule has 1 amide bonds. The van der Waals surface area contributed by atoms with Gasteiger partial charge in [0.2, 0.25) is 0 Å². The van der Waals surface area contributed by atoms with Gasteiger partial charge in [0.15, 0.2) is 0 Å². The molecule has 2 rings (SSSR count). The molecule has 6 nitrogen and oxygen atoms in total. The standard InChI is InChI=1S/C12H17N3O3S/c13-4-3-10-14-9(7-19-10)11(16)15-5-1-2-8(6-15)12(17)18/h7-8H,1-6,13H2,(H,17,18)/t8-/m0/s1. The van der Waals surface area contributed by atoms with Crippen LogP contribution in [0.15, 0.2) is 5.38 Å². The number of nitrogens with two attached hydrogens (primary N) is 1. The summed E-state index contributed by atoms with van der Waals surface area (Å²) in [4.78, 5) is 29.0. The van der Waals surface area contributed by atoms with E-state index >= 15 is 0 Å². The van der Waals surface area contributed by atoms with E-state index < -0.39 is 11.9 Å². The molecule has 1 aliphatic rings. The number of amides is 1. The van der Waals surface area contributed by atoms with E-state index in [0.717, 1.165) is 11.4 Å². The molecule has 1 saturated heterocycles. The van der Waals surface area contributed by atoms with Gasteiger partial charge in [-0.25, -0.2) is 4.98 Å². The lowest BCUT2D eigenvalue weighted by Crippen LogP contribution is -2.42. The number of carboxylic acids is 1. The summed E-state index contributed by atoms with van der Waals surface area (Å²) >= 11 is 1.42. The molecule has 1 aromatic rings. The summed E-state index contributed by atoms with van der Waals surface area (Å²) < 4.78 is 0. The van der Waals surface area contributed by atoms with Gasteiger partial charge in [-0.3, -0.25) is 9.59 Å². The molecule has 2 heterocycles. The SMILES string of the molecule is NCCc1nc(C(=O)N2CCC[C@H](C(=O)O)C2)cs1. The van der Waals surface area contributed by atoms with Gasteiger partial charge in [-0.2, -0.15) is 0 Å². The Morgan fingerprint density at radius 3 is 3.05 bits per heavy atom. The summed E-state index contributed by atoms with van der Waals surface area (Å²) in [5.74, 6) is -1.47. The minimum absolute atomic E-state index is 0.175. The molecule has 1 aliphatic heterocycles. The molecule has 0 aliphatic carbocycles. The van der Waals surface area contributed by atoms with Gasteiger partial charge in [-0.1, -0.05) is 0 Å². The quantitative estimate of drug-likeness (QED) is 0.842. The van der Waals surface area contributed by atoms with E-state index in [1.165, 1.54) is 11.3 Å². The van der Waals surface area contributed by atoms with Crippen LogP contribution in [0.2, 0.25) is 0 Å². The van der Waals surface area contributed by atoms with Crippen LogP contribution in [0.4, 0.5) is 0 Å². The summed E-state index contributed by atoms with van der Waals surface area (Å²) in [5.41, 5.74) is 5.85. The first-order chi connectivity index (χ1) is 9.11. The van der Waals surface area contributed by atoms with Crippen molar-refractivity contribution in [1.29, 1.82) is 0 Å². The number of carboxylic acid groups (broad SMARTS) is 1. The Bertz CT molecular complexity index is 475. The lowest BCUT2D eigenvalue weighted by atomic mass is 9.98. The topological polar surface area (TPSA) is 96.5 Å². The molecule has 7 heteroatoms. The maximum absolute atomic E-state index is 12.2. The van der Waals surface area contributed by atoms with Gasteiger partial charge in [-0.15, -0.1) is 11.3 Å². The second-order valence-corrected chi connectivity index (χ2v) is 5.54. The molecule has 1 atom stereocenters. The van der Waals surface area contributed by atoms with Crippen molar-refractivity contribution in [1.82, 2.24) is 9.88 Å². The maximum atomic E-state index is 12.2. The van der Waals surface area contributed by atoms with Gasteiger partial charge in [0, 0.05) is 24.9 Å². The zero-order valence-corrected chi connectivity index (χ0v) is 11.4. The largest absolute Gasteiger partial charge is 0.481 e. The Hall–Kier alpha value is -1.47. The second-order valence-electron chi connectivity index (χ2n) is 4.59. The van der Waals surface area contributed by atoms with Crippen LogP contribution in [0, 0.1) is 5.92 Å². The number of hydrogen-bond donors (Lipinski definition) is 2. The predicted molar refractivity (Wildman–Crippen MR) is 71.1 cm³/mol. The molecular weight excluding hydrogens is 266 g/mol. The molecule has 0 bridgehead atoms. The summed E-state index contributed by atoms with van der Waals surface area (Å²) in [6, 6.07) is 0. The minimum atomic E-state index is -0.834. The lowest BCUT2D eigenvalue weighted by molar-refractivity contribution is -0.143. The average Bonchev–Trinajstić information content (AvgIpc) is 2.87. The number of nitrogens with zero attached hydrogens (tertiary/aromatic N) is 2. The fourth-order valence-corrected chi connectivity index (χ4v) is 2.96. The summed E-state index contributed by atoms with van der Waals surface area (Å²) in [5, 5.41) is 11.6. The average molecular weight is 283 g/mol. The summed E-state index contributed by atoms with van der Waals surface area (Å²) in [6.45, 7) is 1.39. The molecule has 0 unspecified atom stereocenters. The first kappa shape index (κ1) is 14.0. The fraction of sp³-hybridized carbons (Fsp3) is 0.583. The molecule has 0 radical (unpaired) electrons. The van der Waals surface area contributed by atoms with E-state index in [-0.39, 0.29) is 12.5 Å². The van der Waals surface area contributed by atoms with Crippen molar-refractivity contribution in [2.75, 3.05) is 19.6 Å². The van der Waals surface area contributed by atoms with Crippen molar-refractivity contribution in [2.45, 2.75) is 19.3 Å². The third-order valence-corrected chi connectivity index (χ3v) is 4.10. The molecular formula is C12H17N3O3S. The van der Waals surface area contributed by atoms with Gasteiger partial charge in [0.1, 0.15) is 5.69 Å². The second kappa shape index (κ2) is 6.12. The van der Waals surface area contributed by atoms with Crippen molar-refractivity contribution in [3.05, 3.63) is 16.1 Å². The first-order valence-electron chi connectivity index (χ1n) is 6.28. The zero-order valence-electron chi connectivity index (χ0n) is 10.5. The number of aromatic nitrogens is 1. The third-order valence-electron chi connectivity index (χ3n) is 3.19. The highest BCUT2D eigenvalue weighted by atomic mass is 32.1. The monoisotopic (exact) mass is 283 g/mol. The van der Waals surface area contributed by atoms with Crippen molar-refractivity contribution in [3.63, 3.8) is 0 Å². The molecule has 3 N–H and O–H groups in total. The van der Waals surface area contributed by atoms with Crippen molar-refractivity contribution < 1.29 is 14.7 Å². The van der Waals surface area contributed by atoms with E-state index in [1.807, 2.05) is 0 Å². The zero-order chi connectivity index (χ0) is 13.8. The highest BCUT2D eigenvalue weighted by Crippen LogP contribution is 2.19. The van der Waals surface area contributed by atoms with Crippen LogP contribution in [0.3, 0.4) is 0 Å². The van der Waals surface area contributed by atoms with Crippen LogP contribution in [-0.4, -0.2) is 46.5 Å². The van der Waals surface area contributed by atoms with Crippen molar-refractivity contribution in [3.8, 4) is 0 Å². The Kier molecular flexibility index (Phi) is 4.49. The third kappa shape index (κ3) is 3.30. The Balaban J connectivity index is 2.03. The highest BCUT2D eigenvalue weighted by molar-refractivity contribution is 7.09. The molecule has 1 aromatic heterocycles. The maximum Gasteiger partial charge on any atom is 0.308 e. The van der Waals surface area contributed by atoms with E-state index in [9.17, 15) is 9.59 Å². The summed E-state index contributed by atoms with van der Waals surface area (Å²) in [7, 11) is 0. The number of thiazole rings is 1. The number of hydrogen-bond acceptors (Lipinski definition) is 5. The molecule has 0 aromatic carbocycles. The van der Waals surface area contributed by atoms with Crippen LogP contribution in [0.5, 0.6) is 0 Å². The van der Waals surface area contributed by atoms with Gasteiger partial charge < -0.3 is 15.7 Å². The first-order valence-corrected chi connectivity index (χ1v) is 7.16. The van der Waals surface area contributed by atoms with E-state index in [4.69, 9.17) is 10.8 Å². The molecule has 0 saturated carbocycles. The number of piperidine rings is 1. The van der Waals surface area contributed by atoms with Crippen LogP contribution in [0.1, 0.15) is 28.3 Å². The molecule has 0 spiro atoms. The summed E-state index contributed by atoms with van der Waals surface area (Å²) in [6.07, 6.45) is 2.02. The van der Waals surface area contributed by atoms with Crippen molar-refractivity contribution >= 4 is 23.2 Å². The van der Waals surface area contributed by atoms with E-state index in [1.54, 1.807) is 10.3 Å². The Morgan fingerprint density at radius 2 is 2.37 bits per heavy atom. The van der Waals surface area contributed by atoms with Gasteiger partial charge in [0.25, 0.3) is 5.91 Å². The highest BCUT2D eigenvalue weighted by Gasteiger charge is 2.29. The fourth-order valence-electron chi connectivity index (χ4n) is 2.17. The Morgan fingerprint density at radius 1 is 1.58 bits per heavy atom. The smallest absolute Gasteiger partial charge is 0.308 e. The molecule has 1 fully saturated rings. The van der Waals surface area contributed by atoms with Crippen LogP contribution in [-0.2, 0) is 11.2 Å². The lowest BCUT2D eigenvalue weighted by Gasteiger charge is -2.30. The van der Waals surface area contributed by atoms with Crippen LogP contribution < -0.4 is 5.73 Å². The van der Waals surface area contributed by atoms with Crippen LogP contribution >= 0.6 is 11.3 Å². The van der Waals surface area contributed by atoms with Gasteiger partial charge in [0.05, 0.1) is 10.9 Å². The number of likely N-dealkylation sites (tertiary alicyclic amines) is 1. The normalized spacial score (nSPS) is 19.4. The van der Waals surface area contributed by atoms with Gasteiger partial charge >= 0.3 is 5.97 Å². The number of aliphatic carboxylic acids is 1. The van der Waals surface area contributed by atoms with E-state index in [0.29, 0.717) is 31.6 Å². The molecule has 19 heavy (non-hydrogen) atoms. The van der Waals surface area contributed by atoms with Crippen LogP contribution in [0.25, 0.3) is 0 Å². The number of carbonyl (C=O) groups is 2. The number of carbonyl (C=O) groups excluding carboxylic acids is 1. The minimum Gasteiger partial charge on any atom is -0.481 e. The predicted octanol–water partition coefficient (Wildman–Crippen LogP) is 0.581. The number of rotatable bonds is 4. The molecule has 104 valence electrons. The van der Waals surface area contributed by atoms with Crippen molar-refractivity contribution in [2.24, 2.45) is 11.7 Å². The van der Waals surface area contributed by atoms with E-state index in [2.05, 4.69) is 4.98 Å². The van der Waals surface area contributed by atoms with Gasteiger partial charge in [-0.05, 0) is 19.4 Å². The Labute approximate surface area is 115 Å².